The minimum Gasteiger partial charge on any atom is -0.347 e. The summed E-state index contributed by atoms with van der Waals surface area (Å²) in [4.78, 5) is 14.8. The average Bonchev–Trinajstić information content (AvgIpc) is 3.25. The number of hydrogen-bond donors (Lipinski definition) is 1. The van der Waals surface area contributed by atoms with Crippen molar-refractivity contribution in [3.8, 4) is 5.69 Å². The molecule has 4 rings (SSSR count). The van der Waals surface area contributed by atoms with Gasteiger partial charge in [0.25, 0.3) is 0 Å². The molecule has 2 saturated heterocycles. The number of likely N-dealkylation sites (tertiary alicyclic amines) is 1. The van der Waals surface area contributed by atoms with Crippen LogP contribution >= 0.6 is 0 Å². The third kappa shape index (κ3) is 3.83. The second-order valence-electron chi connectivity index (χ2n) is 7.73. The van der Waals surface area contributed by atoms with E-state index in [0.717, 1.165) is 48.7 Å². The van der Waals surface area contributed by atoms with Crippen molar-refractivity contribution in [1.29, 1.82) is 0 Å². The lowest BCUT2D eigenvalue weighted by atomic mass is 10.0. The molecular weight excluding hydrogens is 356 g/mol. The maximum absolute atomic E-state index is 12.6. The van der Waals surface area contributed by atoms with Crippen LogP contribution in [0.1, 0.15) is 29.8 Å². The third-order valence-corrected chi connectivity index (χ3v) is 5.63. The maximum atomic E-state index is 12.6. The van der Waals surface area contributed by atoms with Gasteiger partial charge in [0.15, 0.2) is 5.79 Å². The molecule has 1 aromatic carbocycles. The van der Waals surface area contributed by atoms with Gasteiger partial charge in [-0.05, 0) is 32.9 Å². The van der Waals surface area contributed by atoms with E-state index < -0.39 is 5.79 Å². The van der Waals surface area contributed by atoms with Crippen LogP contribution in [0.4, 0.5) is 5.69 Å². The highest BCUT2D eigenvalue weighted by Crippen LogP contribution is 2.31. The van der Waals surface area contributed by atoms with E-state index in [1.165, 1.54) is 5.56 Å². The van der Waals surface area contributed by atoms with Gasteiger partial charge in [-0.2, -0.15) is 5.10 Å². The molecule has 0 atom stereocenters. The number of nitrogens with one attached hydrogen (secondary N) is 1. The smallest absolute Gasteiger partial charge is 0.238 e. The Kier molecular flexibility index (Phi) is 5.23. The number of hydrogen-bond acceptors (Lipinski definition) is 5. The fourth-order valence-electron chi connectivity index (χ4n) is 3.98. The van der Waals surface area contributed by atoms with Gasteiger partial charge in [0.05, 0.1) is 42.5 Å². The first-order valence-corrected chi connectivity index (χ1v) is 9.89. The van der Waals surface area contributed by atoms with E-state index in [-0.39, 0.29) is 5.91 Å². The van der Waals surface area contributed by atoms with Gasteiger partial charge in [0, 0.05) is 25.9 Å². The van der Waals surface area contributed by atoms with E-state index in [4.69, 9.17) is 9.47 Å². The van der Waals surface area contributed by atoms with Crippen molar-refractivity contribution in [2.75, 3.05) is 38.2 Å². The van der Waals surface area contributed by atoms with Crippen molar-refractivity contribution in [3.63, 3.8) is 0 Å². The van der Waals surface area contributed by atoms with Gasteiger partial charge in [-0.3, -0.25) is 9.69 Å². The molecule has 2 aromatic rings. The van der Waals surface area contributed by atoms with Gasteiger partial charge >= 0.3 is 0 Å². The Morgan fingerprint density at radius 1 is 1.11 bits per heavy atom. The molecular formula is C21H28N4O3. The van der Waals surface area contributed by atoms with E-state index in [0.29, 0.717) is 19.8 Å². The zero-order valence-corrected chi connectivity index (χ0v) is 16.8. The fraction of sp³-hybridized carbons (Fsp3) is 0.524. The van der Waals surface area contributed by atoms with E-state index >= 15 is 0 Å². The summed E-state index contributed by atoms with van der Waals surface area (Å²) in [6.07, 6.45) is 1.62. The molecule has 0 radical (unpaired) electrons. The zero-order valence-electron chi connectivity index (χ0n) is 16.8. The van der Waals surface area contributed by atoms with Crippen molar-refractivity contribution >= 4 is 11.6 Å². The molecule has 3 heterocycles. The van der Waals surface area contributed by atoms with Gasteiger partial charge in [-0.25, -0.2) is 4.68 Å². The average molecular weight is 384 g/mol. The molecule has 1 N–H and O–H groups in total. The number of carbonyl (C=O) groups is 1. The van der Waals surface area contributed by atoms with Crippen LogP contribution in [-0.2, 0) is 14.3 Å². The molecule has 2 aliphatic heterocycles. The Labute approximate surface area is 165 Å². The molecule has 0 saturated carbocycles. The monoisotopic (exact) mass is 384 g/mol. The normalized spacial score (nSPS) is 19.2. The third-order valence-electron chi connectivity index (χ3n) is 5.63. The Bertz CT molecular complexity index is 843. The minimum absolute atomic E-state index is 0.0149. The zero-order chi connectivity index (χ0) is 19.7. The van der Waals surface area contributed by atoms with Crippen LogP contribution < -0.4 is 5.32 Å². The summed E-state index contributed by atoms with van der Waals surface area (Å²) in [5.74, 6) is -0.422. The minimum atomic E-state index is -0.407. The predicted octanol–water partition coefficient (Wildman–Crippen LogP) is 2.57. The maximum Gasteiger partial charge on any atom is 0.238 e. The Morgan fingerprint density at radius 3 is 2.39 bits per heavy atom. The number of carbonyl (C=O) groups excluding carboxylic acids is 1. The van der Waals surface area contributed by atoms with Gasteiger partial charge in [0.2, 0.25) is 5.91 Å². The van der Waals surface area contributed by atoms with Crippen LogP contribution in [0.25, 0.3) is 5.69 Å². The molecule has 0 aliphatic carbocycles. The molecule has 2 aliphatic rings. The van der Waals surface area contributed by atoms with Crippen molar-refractivity contribution < 1.29 is 14.3 Å². The van der Waals surface area contributed by atoms with Crippen LogP contribution in [-0.4, -0.2) is 59.2 Å². The predicted molar refractivity (Wildman–Crippen MR) is 107 cm³/mol. The van der Waals surface area contributed by atoms with Gasteiger partial charge in [-0.1, -0.05) is 17.7 Å². The van der Waals surface area contributed by atoms with Gasteiger partial charge in [0.1, 0.15) is 0 Å². The number of benzene rings is 1. The van der Waals surface area contributed by atoms with Crippen LogP contribution in [0, 0.1) is 20.8 Å². The summed E-state index contributed by atoms with van der Waals surface area (Å²) in [6, 6.07) is 8.20. The number of amides is 1. The molecule has 7 heteroatoms. The first-order chi connectivity index (χ1) is 13.5. The van der Waals surface area contributed by atoms with E-state index in [9.17, 15) is 4.79 Å². The molecule has 7 nitrogen and oxygen atoms in total. The van der Waals surface area contributed by atoms with Gasteiger partial charge in [-0.15, -0.1) is 0 Å². The summed E-state index contributed by atoms with van der Waals surface area (Å²) >= 11 is 0. The molecule has 28 heavy (non-hydrogen) atoms. The highest BCUT2D eigenvalue weighted by molar-refractivity contribution is 5.93. The summed E-state index contributed by atoms with van der Waals surface area (Å²) < 4.78 is 13.4. The lowest BCUT2D eigenvalue weighted by molar-refractivity contribution is -0.185. The fourth-order valence-corrected chi connectivity index (χ4v) is 3.98. The molecule has 0 unspecified atom stereocenters. The summed E-state index contributed by atoms with van der Waals surface area (Å²) in [5.41, 5.74) is 4.73. The lowest BCUT2D eigenvalue weighted by Crippen LogP contribution is -2.47. The number of aryl methyl sites for hydroxylation is 2. The van der Waals surface area contributed by atoms with Crippen LogP contribution in [0.5, 0.6) is 0 Å². The largest absolute Gasteiger partial charge is 0.347 e. The molecule has 1 spiro atoms. The number of piperidine rings is 1. The topological polar surface area (TPSA) is 68.6 Å². The lowest BCUT2D eigenvalue weighted by Gasteiger charge is -2.37. The SMILES string of the molecule is Cc1ccc(-n2nc(C)c(NC(=O)CN3CCC4(CC3)OCCO4)c2C)cc1. The first-order valence-electron chi connectivity index (χ1n) is 9.89. The summed E-state index contributed by atoms with van der Waals surface area (Å²) in [6.45, 7) is 9.27. The highest BCUT2D eigenvalue weighted by Gasteiger charge is 2.39. The standard InChI is InChI=1S/C21H28N4O3/c1-15-4-6-18(7-5-15)25-17(3)20(16(2)23-25)22-19(26)14-24-10-8-21(9-11-24)27-12-13-28-21/h4-7H,8-14H2,1-3H3,(H,22,26). The first kappa shape index (κ1) is 19.1. The number of anilines is 1. The molecule has 0 bridgehead atoms. The second kappa shape index (κ2) is 7.66. The summed E-state index contributed by atoms with van der Waals surface area (Å²) in [7, 11) is 0. The number of nitrogens with zero attached hydrogens (tertiary/aromatic N) is 3. The highest BCUT2D eigenvalue weighted by atomic mass is 16.7. The van der Waals surface area contributed by atoms with E-state index in [1.807, 2.05) is 30.7 Å². The van der Waals surface area contributed by atoms with Crippen LogP contribution in [0.2, 0.25) is 0 Å². The molecule has 150 valence electrons. The van der Waals surface area contributed by atoms with E-state index in [2.05, 4.69) is 34.4 Å². The Morgan fingerprint density at radius 2 is 1.75 bits per heavy atom. The van der Waals surface area contributed by atoms with Crippen molar-refractivity contribution in [3.05, 3.63) is 41.2 Å². The summed E-state index contributed by atoms with van der Waals surface area (Å²) in [5, 5.41) is 7.68. The van der Waals surface area contributed by atoms with Crippen molar-refractivity contribution in [2.24, 2.45) is 0 Å². The second-order valence-corrected chi connectivity index (χ2v) is 7.73. The Balaban J connectivity index is 1.39. The number of rotatable bonds is 4. The number of aromatic nitrogens is 2. The molecule has 2 fully saturated rings. The van der Waals surface area contributed by atoms with Crippen molar-refractivity contribution in [1.82, 2.24) is 14.7 Å². The molecule has 1 aromatic heterocycles. The van der Waals surface area contributed by atoms with Crippen molar-refractivity contribution in [2.45, 2.75) is 39.4 Å². The Hall–Kier alpha value is -2.22. The quantitative estimate of drug-likeness (QED) is 0.878. The number of ether oxygens (including phenoxy) is 2. The van der Waals surface area contributed by atoms with Crippen LogP contribution in [0.15, 0.2) is 24.3 Å². The van der Waals surface area contributed by atoms with E-state index in [1.54, 1.807) is 0 Å². The van der Waals surface area contributed by atoms with Crippen LogP contribution in [0.3, 0.4) is 0 Å². The van der Waals surface area contributed by atoms with Gasteiger partial charge < -0.3 is 14.8 Å². The molecule has 1 amide bonds.